The van der Waals surface area contributed by atoms with Gasteiger partial charge in [0.15, 0.2) is 10.9 Å². The molecule has 4 rings (SSSR count). The van der Waals surface area contributed by atoms with Gasteiger partial charge in [0.1, 0.15) is 5.76 Å². The summed E-state index contributed by atoms with van der Waals surface area (Å²) in [7, 11) is 0. The molecule has 0 aliphatic heterocycles. The molecule has 0 aliphatic rings. The van der Waals surface area contributed by atoms with Crippen molar-refractivity contribution in [3.8, 4) is 0 Å². The Balaban J connectivity index is 1.41. The molecule has 2 N–H and O–H groups in total. The smallest absolute Gasteiger partial charge is 0.291 e. The number of benzene rings is 1. The topological polar surface area (TPSA) is 83.8 Å². The van der Waals surface area contributed by atoms with Gasteiger partial charge in [-0.3, -0.25) is 4.79 Å². The summed E-state index contributed by atoms with van der Waals surface area (Å²) in [5.74, 6) is 1.26. The molecule has 0 saturated heterocycles. The van der Waals surface area contributed by atoms with Crippen molar-refractivity contribution < 1.29 is 9.21 Å². The zero-order valence-corrected chi connectivity index (χ0v) is 15.8. The Morgan fingerprint density at radius 2 is 1.93 bits per heavy atom. The molecule has 0 radical (unpaired) electrons. The summed E-state index contributed by atoms with van der Waals surface area (Å²) in [6, 6.07) is 13.1. The summed E-state index contributed by atoms with van der Waals surface area (Å²) in [6.45, 7) is 3.89. The summed E-state index contributed by atoms with van der Waals surface area (Å²) < 4.78 is 5.68. The maximum absolute atomic E-state index is 12.4. The van der Waals surface area contributed by atoms with Crippen LogP contribution in [0.3, 0.4) is 0 Å². The first-order chi connectivity index (χ1) is 13.1. The third kappa shape index (κ3) is 4.03. The minimum Gasteiger partial charge on any atom is -0.455 e. The quantitative estimate of drug-likeness (QED) is 0.388. The van der Waals surface area contributed by atoms with E-state index in [4.69, 9.17) is 4.42 Å². The number of anilines is 1. The molecule has 3 heterocycles. The van der Waals surface area contributed by atoms with Crippen LogP contribution in [0.5, 0.6) is 0 Å². The molecule has 7 heteroatoms. The highest BCUT2D eigenvalue weighted by Gasteiger charge is 2.13. The van der Waals surface area contributed by atoms with Crippen LogP contribution in [-0.2, 0) is 5.75 Å². The molecule has 4 aromatic rings. The van der Waals surface area contributed by atoms with Gasteiger partial charge in [-0.1, -0.05) is 17.8 Å². The van der Waals surface area contributed by atoms with Gasteiger partial charge in [0, 0.05) is 28.8 Å². The predicted molar refractivity (Wildman–Crippen MR) is 106 cm³/mol. The number of furan rings is 1. The Morgan fingerprint density at radius 1 is 1.11 bits per heavy atom. The van der Waals surface area contributed by atoms with E-state index in [0.29, 0.717) is 22.4 Å². The molecule has 0 saturated carbocycles. The first-order valence-corrected chi connectivity index (χ1v) is 9.48. The molecular formula is C20H18N4O2S. The Hall–Kier alpha value is -3.06. The maximum atomic E-state index is 12.4. The fourth-order valence-electron chi connectivity index (χ4n) is 2.79. The number of H-pyrrole nitrogens is 1. The Morgan fingerprint density at radius 3 is 2.74 bits per heavy atom. The van der Waals surface area contributed by atoms with E-state index >= 15 is 0 Å². The van der Waals surface area contributed by atoms with Crippen LogP contribution in [0.15, 0.2) is 58.2 Å². The van der Waals surface area contributed by atoms with Gasteiger partial charge in [-0.05, 0) is 55.6 Å². The molecule has 0 atom stereocenters. The van der Waals surface area contributed by atoms with Crippen molar-refractivity contribution in [1.29, 1.82) is 0 Å². The van der Waals surface area contributed by atoms with E-state index in [0.717, 1.165) is 22.3 Å². The van der Waals surface area contributed by atoms with Crippen molar-refractivity contribution in [2.75, 3.05) is 5.32 Å². The van der Waals surface area contributed by atoms with E-state index in [9.17, 15) is 4.79 Å². The van der Waals surface area contributed by atoms with Gasteiger partial charge >= 0.3 is 0 Å². The van der Waals surface area contributed by atoms with E-state index in [1.165, 1.54) is 11.8 Å². The van der Waals surface area contributed by atoms with Crippen molar-refractivity contribution in [1.82, 2.24) is 15.0 Å². The van der Waals surface area contributed by atoms with Gasteiger partial charge in [-0.15, -0.1) is 0 Å². The number of fused-ring (bicyclic) bond motifs is 1. The predicted octanol–water partition coefficient (Wildman–Crippen LogP) is 4.71. The van der Waals surface area contributed by atoms with Crippen LogP contribution in [-0.4, -0.2) is 20.9 Å². The summed E-state index contributed by atoms with van der Waals surface area (Å²) >= 11 is 1.48. The number of carbonyl (C=O) groups is 1. The Kier molecular flexibility index (Phi) is 4.68. The number of rotatable bonds is 5. The van der Waals surface area contributed by atoms with Crippen molar-refractivity contribution in [2.24, 2.45) is 0 Å². The molecule has 136 valence electrons. The third-order valence-corrected chi connectivity index (χ3v) is 4.87. The van der Waals surface area contributed by atoms with Crippen molar-refractivity contribution in [3.63, 3.8) is 0 Å². The van der Waals surface area contributed by atoms with Crippen LogP contribution < -0.4 is 5.32 Å². The molecule has 0 unspecified atom stereocenters. The van der Waals surface area contributed by atoms with Crippen molar-refractivity contribution >= 4 is 34.3 Å². The first-order valence-electron chi connectivity index (χ1n) is 8.49. The Labute approximate surface area is 160 Å². The number of nitrogens with one attached hydrogen (secondary N) is 2. The molecule has 1 aromatic carbocycles. The number of hydrogen-bond donors (Lipinski definition) is 2. The summed E-state index contributed by atoms with van der Waals surface area (Å²) in [5.41, 5.74) is 3.55. The van der Waals surface area contributed by atoms with E-state index in [1.807, 2.05) is 50.4 Å². The van der Waals surface area contributed by atoms with E-state index in [2.05, 4.69) is 20.3 Å². The molecular weight excluding hydrogens is 360 g/mol. The number of thioether (sulfide) groups is 1. The highest BCUT2D eigenvalue weighted by Crippen LogP contribution is 2.22. The average Bonchev–Trinajstić information content (AvgIpc) is 3.28. The molecule has 0 bridgehead atoms. The van der Waals surface area contributed by atoms with Crippen LogP contribution in [0.1, 0.15) is 27.7 Å². The fraction of sp³-hybridized carbons (Fsp3) is 0.150. The largest absolute Gasteiger partial charge is 0.455 e. The molecule has 1 amide bonds. The second-order valence-corrected chi connectivity index (χ2v) is 7.16. The van der Waals surface area contributed by atoms with Gasteiger partial charge < -0.3 is 14.7 Å². The van der Waals surface area contributed by atoms with Gasteiger partial charge in [-0.25, -0.2) is 9.97 Å². The summed E-state index contributed by atoms with van der Waals surface area (Å²) in [6.07, 6.45) is 1.87. The lowest BCUT2D eigenvalue weighted by Gasteiger charge is -2.04. The van der Waals surface area contributed by atoms with Crippen molar-refractivity contribution in [3.05, 3.63) is 71.6 Å². The van der Waals surface area contributed by atoms with Crippen molar-refractivity contribution in [2.45, 2.75) is 24.8 Å². The molecule has 27 heavy (non-hydrogen) atoms. The fourth-order valence-corrected chi connectivity index (χ4v) is 3.63. The normalized spacial score (nSPS) is 11.0. The lowest BCUT2D eigenvalue weighted by molar-refractivity contribution is 0.0995. The zero-order chi connectivity index (χ0) is 18.8. The molecule has 3 aromatic heterocycles. The standard InChI is InChI=1S/C20H18N4O2S/c1-12-9-13(2)23-20(22-12)27-11-16-5-6-18(26-16)19(25)24-15-4-3-14-7-8-21-17(14)10-15/h3-10,21H,11H2,1-2H3,(H,24,25). The van der Waals surface area contributed by atoms with Gasteiger partial charge in [0.25, 0.3) is 5.91 Å². The van der Waals surface area contributed by atoms with Crippen LogP contribution >= 0.6 is 11.8 Å². The SMILES string of the molecule is Cc1cc(C)nc(SCc2ccc(C(=O)Nc3ccc4cc[nH]c4c3)o2)n1. The average molecular weight is 378 g/mol. The van der Waals surface area contributed by atoms with E-state index in [1.54, 1.807) is 12.1 Å². The number of amides is 1. The first kappa shape index (κ1) is 17.4. The molecule has 0 spiro atoms. The van der Waals surface area contributed by atoms with Gasteiger partial charge in [0.05, 0.1) is 5.75 Å². The summed E-state index contributed by atoms with van der Waals surface area (Å²) in [4.78, 5) is 24.3. The number of aromatic nitrogens is 3. The molecule has 6 nitrogen and oxygen atoms in total. The second-order valence-electron chi connectivity index (χ2n) is 6.22. The van der Waals surface area contributed by atoms with Crippen LogP contribution in [0.2, 0.25) is 0 Å². The third-order valence-electron chi connectivity index (χ3n) is 4.00. The molecule has 0 fully saturated rings. The molecule has 0 aliphatic carbocycles. The monoisotopic (exact) mass is 378 g/mol. The van der Waals surface area contributed by atoms with Gasteiger partial charge in [0.2, 0.25) is 0 Å². The number of carbonyl (C=O) groups excluding carboxylic acids is 1. The number of aryl methyl sites for hydroxylation is 2. The van der Waals surface area contributed by atoms with E-state index < -0.39 is 0 Å². The number of hydrogen-bond acceptors (Lipinski definition) is 5. The minimum absolute atomic E-state index is 0.276. The Bertz CT molecular complexity index is 1100. The van der Waals surface area contributed by atoms with Crippen LogP contribution in [0.25, 0.3) is 10.9 Å². The highest BCUT2D eigenvalue weighted by atomic mass is 32.2. The summed E-state index contributed by atoms with van der Waals surface area (Å²) in [5, 5.41) is 4.66. The van der Waals surface area contributed by atoms with Gasteiger partial charge in [-0.2, -0.15) is 0 Å². The zero-order valence-electron chi connectivity index (χ0n) is 14.9. The lowest BCUT2D eigenvalue weighted by atomic mass is 10.2. The second kappa shape index (κ2) is 7.28. The van der Waals surface area contributed by atoms with Crippen LogP contribution in [0, 0.1) is 13.8 Å². The lowest BCUT2D eigenvalue weighted by Crippen LogP contribution is -2.10. The number of aromatic amines is 1. The number of nitrogens with zero attached hydrogens (tertiary/aromatic N) is 2. The van der Waals surface area contributed by atoms with E-state index in [-0.39, 0.29) is 11.7 Å². The maximum Gasteiger partial charge on any atom is 0.291 e. The highest BCUT2D eigenvalue weighted by molar-refractivity contribution is 7.98. The minimum atomic E-state index is -0.278. The van der Waals surface area contributed by atoms with Crippen LogP contribution in [0.4, 0.5) is 5.69 Å².